The van der Waals surface area contributed by atoms with E-state index in [1.165, 1.54) is 47.6 Å². The molecular formula is C21H22Cl2N2O6S. The standard InChI is InChI=1S/C21H22Cl2N2O6S/c1-13-3-4-18(32(28,29)25-5-7-30-8-6-25)12-19(13)21(27)31-14(2)20(26)24-17-10-15(22)9-16(23)11-17/h3-4,9-12,14H,5-8H2,1-2H3,(H,24,26). The summed E-state index contributed by atoms with van der Waals surface area (Å²) in [5.41, 5.74) is 0.931. The summed E-state index contributed by atoms with van der Waals surface area (Å²) >= 11 is 11.8. The molecule has 8 nitrogen and oxygen atoms in total. The van der Waals surface area contributed by atoms with Gasteiger partial charge in [-0.25, -0.2) is 13.2 Å². The molecule has 2 aromatic carbocycles. The third kappa shape index (κ3) is 5.79. The number of halogens is 2. The van der Waals surface area contributed by atoms with Crippen LogP contribution in [0.5, 0.6) is 0 Å². The first-order valence-corrected chi connectivity index (χ1v) is 11.9. The van der Waals surface area contributed by atoms with E-state index in [9.17, 15) is 18.0 Å². The summed E-state index contributed by atoms with van der Waals surface area (Å²) in [6.45, 7) is 4.15. The van der Waals surface area contributed by atoms with E-state index < -0.39 is 28.0 Å². The Morgan fingerprint density at radius 2 is 1.72 bits per heavy atom. The Bertz CT molecular complexity index is 1110. The Labute approximate surface area is 196 Å². The fraction of sp³-hybridized carbons (Fsp3) is 0.333. The molecule has 0 aromatic heterocycles. The fourth-order valence-electron chi connectivity index (χ4n) is 3.06. The zero-order chi connectivity index (χ0) is 23.5. The summed E-state index contributed by atoms with van der Waals surface area (Å²) in [7, 11) is -3.79. The highest BCUT2D eigenvalue weighted by atomic mass is 35.5. The highest BCUT2D eigenvalue weighted by Gasteiger charge is 2.28. The Morgan fingerprint density at radius 3 is 2.34 bits per heavy atom. The highest BCUT2D eigenvalue weighted by molar-refractivity contribution is 7.89. The van der Waals surface area contributed by atoms with Gasteiger partial charge in [0.2, 0.25) is 10.0 Å². The van der Waals surface area contributed by atoms with Crippen molar-refractivity contribution in [2.45, 2.75) is 24.8 Å². The normalized spacial score (nSPS) is 15.8. The molecule has 0 bridgehead atoms. The molecule has 11 heteroatoms. The van der Waals surface area contributed by atoms with Crippen molar-refractivity contribution < 1.29 is 27.5 Å². The number of sulfonamides is 1. The maximum Gasteiger partial charge on any atom is 0.339 e. The van der Waals surface area contributed by atoms with Crippen LogP contribution in [0, 0.1) is 6.92 Å². The first-order chi connectivity index (χ1) is 15.1. The van der Waals surface area contributed by atoms with E-state index in [0.29, 0.717) is 34.5 Å². The Morgan fingerprint density at radius 1 is 1.09 bits per heavy atom. The van der Waals surface area contributed by atoms with E-state index in [-0.39, 0.29) is 23.5 Å². The number of hydrogen-bond acceptors (Lipinski definition) is 6. The molecule has 0 radical (unpaired) electrons. The van der Waals surface area contributed by atoms with Gasteiger partial charge in [0.05, 0.1) is 23.7 Å². The molecule has 0 saturated carbocycles. The van der Waals surface area contributed by atoms with Crippen LogP contribution >= 0.6 is 23.2 Å². The van der Waals surface area contributed by atoms with Gasteiger partial charge in [0, 0.05) is 28.8 Å². The van der Waals surface area contributed by atoms with Gasteiger partial charge in [-0.05, 0) is 49.7 Å². The van der Waals surface area contributed by atoms with Crippen LogP contribution < -0.4 is 5.32 Å². The molecule has 1 saturated heterocycles. The lowest BCUT2D eigenvalue weighted by molar-refractivity contribution is -0.123. The molecule has 1 unspecified atom stereocenters. The average Bonchev–Trinajstić information content (AvgIpc) is 2.73. The summed E-state index contributed by atoms with van der Waals surface area (Å²) in [5.74, 6) is -1.40. The van der Waals surface area contributed by atoms with Crippen molar-refractivity contribution >= 4 is 50.8 Å². The Kier molecular flexibility index (Phi) is 7.79. The number of amides is 1. The van der Waals surface area contributed by atoms with Crippen molar-refractivity contribution in [1.82, 2.24) is 4.31 Å². The number of esters is 1. The maximum atomic E-state index is 12.9. The molecule has 1 amide bonds. The third-order valence-electron chi connectivity index (χ3n) is 4.82. The van der Waals surface area contributed by atoms with Crippen LogP contribution in [0.2, 0.25) is 10.0 Å². The molecule has 3 rings (SSSR count). The van der Waals surface area contributed by atoms with E-state index in [2.05, 4.69) is 5.32 Å². The van der Waals surface area contributed by atoms with Crippen molar-refractivity contribution in [3.8, 4) is 0 Å². The third-order valence-corrected chi connectivity index (χ3v) is 7.15. The SMILES string of the molecule is Cc1ccc(S(=O)(=O)N2CCOCC2)cc1C(=O)OC(C)C(=O)Nc1cc(Cl)cc(Cl)c1. The van der Waals surface area contributed by atoms with Crippen LogP contribution in [0.1, 0.15) is 22.8 Å². The van der Waals surface area contributed by atoms with Gasteiger partial charge in [0.1, 0.15) is 0 Å². The molecule has 0 spiro atoms. The van der Waals surface area contributed by atoms with Crippen LogP contribution in [0.4, 0.5) is 5.69 Å². The molecule has 1 aliphatic rings. The van der Waals surface area contributed by atoms with Gasteiger partial charge < -0.3 is 14.8 Å². The van der Waals surface area contributed by atoms with Crippen LogP contribution in [0.25, 0.3) is 0 Å². The van der Waals surface area contributed by atoms with E-state index in [4.69, 9.17) is 32.7 Å². The molecule has 1 N–H and O–H groups in total. The number of rotatable bonds is 6. The van der Waals surface area contributed by atoms with E-state index in [1.54, 1.807) is 6.92 Å². The number of benzene rings is 2. The minimum absolute atomic E-state index is 0.0253. The smallest absolute Gasteiger partial charge is 0.339 e. The van der Waals surface area contributed by atoms with Gasteiger partial charge in [-0.1, -0.05) is 29.3 Å². The molecule has 0 aliphatic carbocycles. The van der Waals surface area contributed by atoms with Crippen molar-refractivity contribution in [3.05, 3.63) is 57.6 Å². The molecule has 1 fully saturated rings. The first-order valence-electron chi connectivity index (χ1n) is 9.74. The van der Waals surface area contributed by atoms with Crippen molar-refractivity contribution in [3.63, 3.8) is 0 Å². The average molecular weight is 501 g/mol. The number of ether oxygens (including phenoxy) is 2. The lowest BCUT2D eigenvalue weighted by atomic mass is 10.1. The number of nitrogens with zero attached hydrogens (tertiary/aromatic N) is 1. The minimum Gasteiger partial charge on any atom is -0.449 e. The zero-order valence-corrected chi connectivity index (χ0v) is 19.8. The lowest BCUT2D eigenvalue weighted by Crippen LogP contribution is -2.40. The minimum atomic E-state index is -3.79. The predicted molar refractivity (Wildman–Crippen MR) is 121 cm³/mol. The number of aryl methyl sites for hydroxylation is 1. The summed E-state index contributed by atoms with van der Waals surface area (Å²) in [4.78, 5) is 25.1. The molecular weight excluding hydrogens is 479 g/mol. The Balaban J connectivity index is 1.74. The van der Waals surface area contributed by atoms with Crippen LogP contribution in [-0.4, -0.2) is 57.0 Å². The molecule has 1 atom stereocenters. The number of carbonyl (C=O) groups is 2. The largest absolute Gasteiger partial charge is 0.449 e. The van der Waals surface area contributed by atoms with Crippen molar-refractivity contribution in [2.24, 2.45) is 0 Å². The summed E-state index contributed by atoms with van der Waals surface area (Å²) in [6, 6.07) is 8.76. The molecule has 32 heavy (non-hydrogen) atoms. The molecule has 1 aliphatic heterocycles. The number of hydrogen-bond donors (Lipinski definition) is 1. The quantitative estimate of drug-likeness (QED) is 0.608. The Hall–Kier alpha value is -2.17. The van der Waals surface area contributed by atoms with Gasteiger partial charge >= 0.3 is 5.97 Å². The van der Waals surface area contributed by atoms with Crippen LogP contribution in [-0.2, 0) is 24.3 Å². The molecule has 172 valence electrons. The number of morpholine rings is 1. The van der Waals surface area contributed by atoms with Gasteiger partial charge in [-0.2, -0.15) is 4.31 Å². The van der Waals surface area contributed by atoms with Crippen LogP contribution in [0.3, 0.4) is 0 Å². The summed E-state index contributed by atoms with van der Waals surface area (Å²) in [5, 5.41) is 3.25. The van der Waals surface area contributed by atoms with Crippen molar-refractivity contribution in [1.29, 1.82) is 0 Å². The monoisotopic (exact) mass is 500 g/mol. The molecule has 2 aromatic rings. The lowest BCUT2D eigenvalue weighted by Gasteiger charge is -2.26. The van der Waals surface area contributed by atoms with E-state index in [1.807, 2.05) is 0 Å². The predicted octanol–water partition coefficient (Wildman–Crippen LogP) is 3.51. The molecule has 1 heterocycles. The van der Waals surface area contributed by atoms with E-state index >= 15 is 0 Å². The number of carbonyl (C=O) groups excluding carboxylic acids is 2. The van der Waals surface area contributed by atoms with Crippen LogP contribution in [0.15, 0.2) is 41.3 Å². The number of nitrogens with one attached hydrogen (secondary N) is 1. The maximum absolute atomic E-state index is 12.9. The zero-order valence-electron chi connectivity index (χ0n) is 17.4. The second-order valence-electron chi connectivity index (χ2n) is 7.19. The van der Waals surface area contributed by atoms with Gasteiger partial charge in [0.25, 0.3) is 5.91 Å². The second kappa shape index (κ2) is 10.2. The topological polar surface area (TPSA) is 102 Å². The van der Waals surface area contributed by atoms with Crippen molar-refractivity contribution in [2.75, 3.05) is 31.6 Å². The van der Waals surface area contributed by atoms with Gasteiger partial charge in [-0.15, -0.1) is 0 Å². The van der Waals surface area contributed by atoms with Gasteiger partial charge in [0.15, 0.2) is 6.10 Å². The van der Waals surface area contributed by atoms with E-state index in [0.717, 1.165) is 0 Å². The second-order valence-corrected chi connectivity index (χ2v) is 10.00. The summed E-state index contributed by atoms with van der Waals surface area (Å²) < 4.78 is 37.6. The highest BCUT2D eigenvalue weighted by Crippen LogP contribution is 2.24. The van der Waals surface area contributed by atoms with Gasteiger partial charge in [-0.3, -0.25) is 4.79 Å². The summed E-state index contributed by atoms with van der Waals surface area (Å²) in [6.07, 6.45) is -1.15. The first kappa shape index (κ1) is 24.5. The fourth-order valence-corrected chi connectivity index (χ4v) is 5.03. The number of anilines is 1.